The number of sulfonamides is 1. The second kappa shape index (κ2) is 7.99. The molecule has 3 amide bonds. The van der Waals surface area contributed by atoms with Gasteiger partial charge in [0.2, 0.25) is 5.91 Å². The fraction of sp³-hybridized carbons (Fsp3) is 0.550. The zero-order valence-electron chi connectivity index (χ0n) is 16.7. The fourth-order valence-electron chi connectivity index (χ4n) is 4.16. The summed E-state index contributed by atoms with van der Waals surface area (Å²) in [5, 5.41) is 2.80. The number of piperidine rings is 1. The lowest BCUT2D eigenvalue weighted by atomic mass is 9.97. The first-order valence-electron chi connectivity index (χ1n) is 10.3. The third-order valence-corrected chi connectivity index (χ3v) is 7.81. The summed E-state index contributed by atoms with van der Waals surface area (Å²) in [6.45, 7) is 2.73. The molecule has 2 heterocycles. The number of nitrogens with one attached hydrogen (secondary N) is 1. The van der Waals surface area contributed by atoms with Crippen LogP contribution < -0.4 is 11.1 Å². The molecule has 30 heavy (non-hydrogen) atoms. The second-order valence-corrected chi connectivity index (χ2v) is 9.98. The van der Waals surface area contributed by atoms with Crippen molar-refractivity contribution in [3.8, 4) is 0 Å². The number of rotatable bonds is 7. The Morgan fingerprint density at radius 2 is 1.97 bits per heavy atom. The minimum Gasteiger partial charge on any atom is -0.369 e. The fourth-order valence-corrected chi connectivity index (χ4v) is 6.00. The first-order valence-corrected chi connectivity index (χ1v) is 11.8. The number of primary amides is 1. The lowest BCUT2D eigenvalue weighted by Gasteiger charge is -2.31. The van der Waals surface area contributed by atoms with Gasteiger partial charge in [0.25, 0.3) is 21.8 Å². The maximum Gasteiger partial charge on any atom is 0.269 e. The van der Waals surface area contributed by atoms with E-state index in [9.17, 15) is 22.8 Å². The Labute approximate surface area is 175 Å². The number of carbonyl (C=O) groups excluding carboxylic acids is 3. The number of likely N-dealkylation sites (tertiary alicyclic amines) is 1. The van der Waals surface area contributed by atoms with Gasteiger partial charge in [-0.15, -0.1) is 0 Å². The molecule has 1 aromatic carbocycles. The number of benzene rings is 1. The van der Waals surface area contributed by atoms with Gasteiger partial charge < -0.3 is 16.0 Å². The smallest absolute Gasteiger partial charge is 0.269 e. The van der Waals surface area contributed by atoms with Crippen molar-refractivity contribution < 1.29 is 22.8 Å². The van der Waals surface area contributed by atoms with E-state index in [4.69, 9.17) is 5.73 Å². The van der Waals surface area contributed by atoms with Crippen LogP contribution in [0.25, 0.3) is 0 Å². The molecule has 1 saturated carbocycles. The lowest BCUT2D eigenvalue weighted by Crippen LogP contribution is -2.42. The number of fused-ring (bicyclic) bond motifs is 1. The van der Waals surface area contributed by atoms with Gasteiger partial charge in [-0.05, 0) is 63.4 Å². The summed E-state index contributed by atoms with van der Waals surface area (Å²) in [6, 6.07) is 3.95. The van der Waals surface area contributed by atoms with E-state index in [1.54, 1.807) is 0 Å². The Kier molecular flexibility index (Phi) is 5.54. The molecular weight excluding hydrogens is 408 g/mol. The Hall–Kier alpha value is -2.46. The van der Waals surface area contributed by atoms with Crippen LogP contribution in [0.1, 0.15) is 52.8 Å². The Bertz CT molecular complexity index is 989. The molecule has 1 aliphatic carbocycles. The normalized spacial score (nSPS) is 23.3. The quantitative estimate of drug-likeness (QED) is 0.594. The number of nitrogens with two attached hydrogens (primary N) is 1. The van der Waals surface area contributed by atoms with Crippen molar-refractivity contribution in [3.63, 3.8) is 0 Å². The molecule has 1 unspecified atom stereocenters. The van der Waals surface area contributed by atoms with Crippen LogP contribution in [0.15, 0.2) is 23.1 Å². The van der Waals surface area contributed by atoms with Gasteiger partial charge in [0.15, 0.2) is 0 Å². The average molecular weight is 435 g/mol. The van der Waals surface area contributed by atoms with Gasteiger partial charge in [0.1, 0.15) is 4.90 Å². The Morgan fingerprint density at radius 3 is 2.67 bits per heavy atom. The number of hydrogen-bond acceptors (Lipinski definition) is 6. The molecule has 9 nitrogen and oxygen atoms in total. The van der Waals surface area contributed by atoms with Crippen LogP contribution in [-0.4, -0.2) is 67.6 Å². The van der Waals surface area contributed by atoms with E-state index in [0.29, 0.717) is 32.4 Å². The van der Waals surface area contributed by atoms with Gasteiger partial charge >= 0.3 is 0 Å². The zero-order chi connectivity index (χ0) is 21.5. The maximum absolute atomic E-state index is 12.7. The van der Waals surface area contributed by atoms with Gasteiger partial charge in [-0.2, -0.15) is 0 Å². The Morgan fingerprint density at radius 1 is 1.20 bits per heavy atom. The lowest BCUT2D eigenvalue weighted by molar-refractivity contribution is -0.123. The van der Waals surface area contributed by atoms with Crippen LogP contribution in [0.5, 0.6) is 0 Å². The monoisotopic (exact) mass is 434 g/mol. The maximum atomic E-state index is 12.7. The largest absolute Gasteiger partial charge is 0.369 e. The zero-order valence-corrected chi connectivity index (χ0v) is 17.5. The second-order valence-electron chi connectivity index (χ2n) is 8.20. The molecule has 2 fully saturated rings. The van der Waals surface area contributed by atoms with Crippen molar-refractivity contribution in [2.75, 3.05) is 26.2 Å². The Balaban J connectivity index is 1.33. The minimum atomic E-state index is -3.88. The highest BCUT2D eigenvalue weighted by atomic mass is 32.2. The van der Waals surface area contributed by atoms with Crippen molar-refractivity contribution in [1.29, 1.82) is 0 Å². The van der Waals surface area contributed by atoms with E-state index < -0.39 is 15.9 Å². The van der Waals surface area contributed by atoms with Crippen LogP contribution in [0, 0.1) is 5.92 Å². The molecule has 10 heteroatoms. The number of amides is 3. The van der Waals surface area contributed by atoms with Crippen LogP contribution in [0.4, 0.5) is 0 Å². The molecule has 162 valence electrons. The van der Waals surface area contributed by atoms with E-state index in [1.807, 2.05) is 0 Å². The molecular formula is C20H26N4O5S. The minimum absolute atomic E-state index is 0.0853. The van der Waals surface area contributed by atoms with Gasteiger partial charge in [-0.1, -0.05) is 0 Å². The van der Waals surface area contributed by atoms with Crippen molar-refractivity contribution in [2.45, 2.75) is 43.0 Å². The number of carbonyl (C=O) groups is 3. The SMILES string of the molecule is NC(=O)C1CCCN(CCCNC(=O)c2ccc3c(c2)S(=O)(=O)N(C2CC2)C3=O)C1. The predicted octanol–water partition coefficient (Wildman–Crippen LogP) is 0.311. The van der Waals surface area contributed by atoms with E-state index in [1.165, 1.54) is 18.2 Å². The highest BCUT2D eigenvalue weighted by Crippen LogP contribution is 2.39. The molecule has 0 aromatic heterocycles. The average Bonchev–Trinajstić information content (AvgIpc) is 3.52. The molecule has 3 N–H and O–H groups in total. The molecule has 0 radical (unpaired) electrons. The molecule has 3 aliphatic rings. The molecule has 1 aromatic rings. The van der Waals surface area contributed by atoms with Crippen LogP contribution in [0.3, 0.4) is 0 Å². The van der Waals surface area contributed by atoms with Gasteiger partial charge in [0, 0.05) is 24.7 Å². The summed E-state index contributed by atoms with van der Waals surface area (Å²) in [7, 11) is -3.88. The standard InChI is InChI=1S/C20H26N4O5S/c21-18(25)14-3-1-9-23(12-14)10-2-8-22-19(26)13-4-7-16-17(11-13)30(28,29)24(20(16)27)15-5-6-15/h4,7,11,14-15H,1-3,5-6,8-10,12H2,(H2,21,25)(H,22,26). The summed E-state index contributed by atoms with van der Waals surface area (Å²) < 4.78 is 26.3. The first-order chi connectivity index (χ1) is 14.3. The number of hydrogen-bond donors (Lipinski definition) is 2. The van der Waals surface area contributed by atoms with E-state index in [-0.39, 0.29) is 39.8 Å². The summed E-state index contributed by atoms with van der Waals surface area (Å²) in [4.78, 5) is 38.3. The van der Waals surface area contributed by atoms with Crippen molar-refractivity contribution in [1.82, 2.24) is 14.5 Å². The first kappa shape index (κ1) is 20.8. The van der Waals surface area contributed by atoms with Crippen LogP contribution >= 0.6 is 0 Å². The van der Waals surface area contributed by atoms with Crippen LogP contribution in [0.2, 0.25) is 0 Å². The number of nitrogens with zero attached hydrogens (tertiary/aromatic N) is 2. The molecule has 4 rings (SSSR count). The molecule has 2 aliphatic heterocycles. The van der Waals surface area contributed by atoms with Gasteiger partial charge in [-0.25, -0.2) is 12.7 Å². The van der Waals surface area contributed by atoms with Crippen molar-refractivity contribution in [3.05, 3.63) is 29.3 Å². The van der Waals surface area contributed by atoms with Gasteiger partial charge in [0.05, 0.1) is 11.5 Å². The van der Waals surface area contributed by atoms with E-state index >= 15 is 0 Å². The molecule has 1 atom stereocenters. The summed E-state index contributed by atoms with van der Waals surface area (Å²) >= 11 is 0. The third kappa shape index (κ3) is 3.93. The molecule has 0 bridgehead atoms. The van der Waals surface area contributed by atoms with Gasteiger partial charge in [-0.3, -0.25) is 14.4 Å². The van der Waals surface area contributed by atoms with Crippen molar-refractivity contribution in [2.24, 2.45) is 11.7 Å². The van der Waals surface area contributed by atoms with E-state index in [2.05, 4.69) is 10.2 Å². The third-order valence-electron chi connectivity index (χ3n) is 5.93. The molecule has 1 saturated heterocycles. The summed E-state index contributed by atoms with van der Waals surface area (Å²) in [6.07, 6.45) is 3.83. The van der Waals surface area contributed by atoms with E-state index in [0.717, 1.165) is 30.2 Å². The predicted molar refractivity (Wildman–Crippen MR) is 108 cm³/mol. The topological polar surface area (TPSA) is 130 Å². The summed E-state index contributed by atoms with van der Waals surface area (Å²) in [5.74, 6) is -1.26. The molecule has 0 spiro atoms. The van der Waals surface area contributed by atoms with Crippen LogP contribution in [-0.2, 0) is 14.8 Å². The highest BCUT2D eigenvalue weighted by Gasteiger charge is 2.48. The summed E-state index contributed by atoms with van der Waals surface area (Å²) in [5.41, 5.74) is 5.74. The van der Waals surface area contributed by atoms with Crippen molar-refractivity contribution >= 4 is 27.7 Å². The highest BCUT2D eigenvalue weighted by molar-refractivity contribution is 7.90.